The first-order chi connectivity index (χ1) is 16.0. The standard InChI is InChI=1S/C25H30FN5O2/c1-30(13-14-32)18-3-4-21-20(15-18)23(29-24(28-21)25(26)8-9-25)31-11-6-17(7-12-31)19-5-10-27-16-22(19)33-2/h3-5,10,15-17,32H,6-9,11-14H2,1-2H3. The number of halogens is 1. The van der Waals surface area contributed by atoms with Gasteiger partial charge in [-0.05, 0) is 55.9 Å². The predicted octanol–water partition coefficient (Wildman–Crippen LogP) is 3.80. The molecule has 8 heteroatoms. The lowest BCUT2D eigenvalue weighted by Crippen LogP contribution is -2.34. The Balaban J connectivity index is 1.48. The molecule has 0 radical (unpaired) electrons. The Labute approximate surface area is 193 Å². The number of alkyl halides is 1. The molecule has 2 aromatic heterocycles. The van der Waals surface area contributed by atoms with Crippen molar-refractivity contribution in [1.29, 1.82) is 0 Å². The number of rotatable bonds is 7. The second kappa shape index (κ2) is 8.74. The molecule has 3 aromatic rings. The highest BCUT2D eigenvalue weighted by Gasteiger charge is 2.48. The minimum absolute atomic E-state index is 0.0766. The lowest BCUT2D eigenvalue weighted by molar-refractivity contribution is 0.301. The lowest BCUT2D eigenvalue weighted by atomic mass is 9.89. The summed E-state index contributed by atoms with van der Waals surface area (Å²) in [6, 6.07) is 8.01. The summed E-state index contributed by atoms with van der Waals surface area (Å²) in [5, 5.41) is 10.3. The van der Waals surface area contributed by atoms with E-state index in [0.29, 0.717) is 31.1 Å². The van der Waals surface area contributed by atoms with Crippen molar-refractivity contribution >= 4 is 22.4 Å². The fourth-order valence-electron chi connectivity index (χ4n) is 4.69. The van der Waals surface area contributed by atoms with Crippen molar-refractivity contribution in [2.75, 3.05) is 50.2 Å². The zero-order chi connectivity index (χ0) is 23.0. The summed E-state index contributed by atoms with van der Waals surface area (Å²) in [5.74, 6) is 2.32. The number of likely N-dealkylation sites (N-methyl/N-ethyl adjacent to an activating group) is 1. The summed E-state index contributed by atoms with van der Waals surface area (Å²) in [4.78, 5) is 17.8. The molecule has 0 bridgehead atoms. The molecule has 2 aliphatic rings. The van der Waals surface area contributed by atoms with Crippen LogP contribution in [0.1, 0.15) is 43.0 Å². The molecule has 1 aromatic carbocycles. The Bertz CT molecular complexity index is 1140. The van der Waals surface area contributed by atoms with Gasteiger partial charge in [-0.15, -0.1) is 0 Å². The van der Waals surface area contributed by atoms with Gasteiger partial charge in [-0.1, -0.05) is 0 Å². The number of anilines is 2. The van der Waals surface area contributed by atoms with Crippen LogP contribution in [0.25, 0.3) is 10.9 Å². The molecule has 33 heavy (non-hydrogen) atoms. The third-order valence-corrected chi connectivity index (χ3v) is 6.90. The molecule has 5 rings (SSSR count). The maximum Gasteiger partial charge on any atom is 0.170 e. The smallest absolute Gasteiger partial charge is 0.170 e. The van der Waals surface area contributed by atoms with Crippen molar-refractivity contribution in [2.45, 2.75) is 37.3 Å². The largest absolute Gasteiger partial charge is 0.495 e. The molecule has 1 saturated heterocycles. The zero-order valence-electron chi connectivity index (χ0n) is 19.2. The van der Waals surface area contributed by atoms with Crippen molar-refractivity contribution in [1.82, 2.24) is 15.0 Å². The second-order valence-electron chi connectivity index (χ2n) is 9.06. The summed E-state index contributed by atoms with van der Waals surface area (Å²) in [7, 11) is 3.63. The van der Waals surface area contributed by atoms with E-state index in [4.69, 9.17) is 9.72 Å². The number of aromatic nitrogens is 3. The van der Waals surface area contributed by atoms with E-state index in [9.17, 15) is 9.50 Å². The fraction of sp³-hybridized carbons (Fsp3) is 0.480. The maximum absolute atomic E-state index is 15.0. The van der Waals surface area contributed by atoms with Gasteiger partial charge in [-0.3, -0.25) is 4.98 Å². The molecule has 1 aliphatic heterocycles. The van der Waals surface area contributed by atoms with Crippen LogP contribution in [0.15, 0.2) is 36.7 Å². The van der Waals surface area contributed by atoms with Gasteiger partial charge < -0.3 is 19.6 Å². The molecule has 2 fully saturated rings. The highest BCUT2D eigenvalue weighted by Crippen LogP contribution is 2.49. The van der Waals surface area contributed by atoms with Gasteiger partial charge in [-0.2, -0.15) is 0 Å². The van der Waals surface area contributed by atoms with E-state index < -0.39 is 5.67 Å². The summed E-state index contributed by atoms with van der Waals surface area (Å²) in [6.45, 7) is 2.25. The van der Waals surface area contributed by atoms with Crippen LogP contribution in [-0.2, 0) is 5.67 Å². The quantitative estimate of drug-likeness (QED) is 0.586. The number of aliphatic hydroxyl groups excluding tert-OH is 1. The second-order valence-corrected chi connectivity index (χ2v) is 9.06. The molecule has 174 valence electrons. The SMILES string of the molecule is COc1cnccc1C1CCN(c2nc(C3(F)CC3)nc3ccc(N(C)CCO)cc23)CC1. The molecule has 1 saturated carbocycles. The number of ether oxygens (including phenoxy) is 1. The first-order valence-electron chi connectivity index (χ1n) is 11.6. The topological polar surface area (TPSA) is 74.6 Å². The third-order valence-electron chi connectivity index (χ3n) is 6.90. The van der Waals surface area contributed by atoms with Crippen LogP contribution in [0.4, 0.5) is 15.9 Å². The highest BCUT2D eigenvalue weighted by molar-refractivity contribution is 5.92. The molecule has 0 atom stereocenters. The van der Waals surface area contributed by atoms with E-state index in [-0.39, 0.29) is 6.61 Å². The number of fused-ring (bicyclic) bond motifs is 1. The Morgan fingerprint density at radius 2 is 2.00 bits per heavy atom. The van der Waals surface area contributed by atoms with Crippen molar-refractivity contribution in [2.24, 2.45) is 0 Å². The van der Waals surface area contributed by atoms with Crippen molar-refractivity contribution in [3.05, 3.63) is 48.0 Å². The van der Waals surface area contributed by atoms with Gasteiger partial charge in [0.25, 0.3) is 0 Å². The number of hydrogen-bond donors (Lipinski definition) is 1. The molecule has 1 aliphatic carbocycles. The minimum atomic E-state index is -1.39. The lowest BCUT2D eigenvalue weighted by Gasteiger charge is -2.34. The molecule has 0 spiro atoms. The normalized spacial score (nSPS) is 17.9. The van der Waals surface area contributed by atoms with Gasteiger partial charge in [0.05, 0.1) is 25.4 Å². The average molecular weight is 452 g/mol. The van der Waals surface area contributed by atoms with E-state index in [2.05, 4.69) is 20.9 Å². The highest BCUT2D eigenvalue weighted by atomic mass is 19.1. The minimum Gasteiger partial charge on any atom is -0.495 e. The summed E-state index contributed by atoms with van der Waals surface area (Å²) >= 11 is 0. The molecule has 0 unspecified atom stereocenters. The van der Waals surface area contributed by atoms with Crippen LogP contribution in [0.5, 0.6) is 5.75 Å². The number of piperidine rings is 1. The predicted molar refractivity (Wildman–Crippen MR) is 127 cm³/mol. The molecule has 0 amide bonds. The van der Waals surface area contributed by atoms with E-state index in [1.54, 1.807) is 13.3 Å². The van der Waals surface area contributed by atoms with Gasteiger partial charge >= 0.3 is 0 Å². The molecular formula is C25H30FN5O2. The van der Waals surface area contributed by atoms with Gasteiger partial charge in [0.15, 0.2) is 11.5 Å². The Kier molecular flexibility index (Phi) is 5.78. The number of nitrogens with zero attached hydrogens (tertiary/aromatic N) is 5. The summed E-state index contributed by atoms with van der Waals surface area (Å²) < 4.78 is 20.5. The first-order valence-corrected chi connectivity index (χ1v) is 11.6. The van der Waals surface area contributed by atoms with Gasteiger partial charge in [0, 0.05) is 49.5 Å². The number of methoxy groups -OCH3 is 1. The van der Waals surface area contributed by atoms with Crippen LogP contribution < -0.4 is 14.5 Å². The van der Waals surface area contributed by atoms with Gasteiger partial charge in [0.2, 0.25) is 0 Å². The van der Waals surface area contributed by atoms with Gasteiger partial charge in [-0.25, -0.2) is 14.4 Å². The molecule has 1 N–H and O–H groups in total. The zero-order valence-corrected chi connectivity index (χ0v) is 19.2. The maximum atomic E-state index is 15.0. The Morgan fingerprint density at radius 3 is 2.70 bits per heavy atom. The third kappa shape index (κ3) is 4.19. The molecule has 7 nitrogen and oxygen atoms in total. The van der Waals surface area contributed by atoms with E-state index in [0.717, 1.165) is 54.1 Å². The first kappa shape index (κ1) is 21.8. The monoisotopic (exact) mass is 451 g/mol. The van der Waals surface area contributed by atoms with Crippen molar-refractivity contribution in [3.8, 4) is 5.75 Å². The summed E-state index contributed by atoms with van der Waals surface area (Å²) in [6.07, 6.45) is 6.46. The van der Waals surface area contributed by atoms with Crippen molar-refractivity contribution in [3.63, 3.8) is 0 Å². The van der Waals surface area contributed by atoms with Crippen molar-refractivity contribution < 1.29 is 14.2 Å². The number of aliphatic hydroxyl groups is 1. The van der Waals surface area contributed by atoms with Crippen LogP contribution in [0.2, 0.25) is 0 Å². The number of benzene rings is 1. The van der Waals surface area contributed by atoms with E-state index in [1.165, 1.54) is 5.56 Å². The average Bonchev–Trinajstić information content (AvgIpc) is 3.61. The molecule has 3 heterocycles. The Hall–Kier alpha value is -3.00. The van der Waals surface area contributed by atoms with Crippen LogP contribution in [0, 0.1) is 0 Å². The van der Waals surface area contributed by atoms with E-state index >= 15 is 0 Å². The van der Waals surface area contributed by atoms with Crippen LogP contribution in [0.3, 0.4) is 0 Å². The number of hydrogen-bond acceptors (Lipinski definition) is 7. The van der Waals surface area contributed by atoms with Crippen LogP contribution >= 0.6 is 0 Å². The summed E-state index contributed by atoms with van der Waals surface area (Å²) in [5.41, 5.74) is 1.54. The Morgan fingerprint density at radius 1 is 1.21 bits per heavy atom. The molecular weight excluding hydrogens is 421 g/mol. The van der Waals surface area contributed by atoms with Gasteiger partial charge in [0.1, 0.15) is 11.6 Å². The fourth-order valence-corrected chi connectivity index (χ4v) is 4.69. The number of pyridine rings is 1. The van der Waals surface area contributed by atoms with Crippen LogP contribution in [-0.4, -0.2) is 60.5 Å². The van der Waals surface area contributed by atoms with E-state index in [1.807, 2.05) is 36.3 Å².